The van der Waals surface area contributed by atoms with Gasteiger partial charge in [-0.15, -0.1) is 0 Å². The Hall–Kier alpha value is -2.63. The maximum atomic E-state index is 11.6. The Labute approximate surface area is 109 Å². The maximum Gasteiger partial charge on any atom is 0.439 e. The zero-order valence-corrected chi connectivity index (χ0v) is 10.6. The second-order valence-electron chi connectivity index (χ2n) is 3.95. The number of hydrogen-bond donors (Lipinski definition) is 2. The van der Waals surface area contributed by atoms with E-state index in [4.69, 9.17) is 0 Å². The Morgan fingerprint density at radius 2 is 2.05 bits per heavy atom. The van der Waals surface area contributed by atoms with Crippen molar-refractivity contribution in [3.63, 3.8) is 0 Å². The molecule has 6 nitrogen and oxygen atoms in total. The van der Waals surface area contributed by atoms with Gasteiger partial charge in [0.05, 0.1) is 0 Å². The number of aromatic nitrogens is 2. The zero-order chi connectivity index (χ0) is 13.8. The summed E-state index contributed by atoms with van der Waals surface area (Å²) in [5, 5.41) is 6.33. The van der Waals surface area contributed by atoms with Gasteiger partial charge in [0.15, 0.2) is 5.82 Å². The fourth-order valence-corrected chi connectivity index (χ4v) is 1.43. The highest BCUT2D eigenvalue weighted by Crippen LogP contribution is 2.17. The number of nitrogens with zero attached hydrogens (tertiary/aromatic N) is 1. The van der Waals surface area contributed by atoms with Gasteiger partial charge < -0.3 is 5.32 Å². The Morgan fingerprint density at radius 1 is 1.37 bits per heavy atom. The van der Waals surface area contributed by atoms with Gasteiger partial charge in [0.1, 0.15) is 0 Å². The van der Waals surface area contributed by atoms with E-state index in [2.05, 4.69) is 20.0 Å². The molecular formula is C13H13N3O3. The van der Waals surface area contributed by atoms with Gasteiger partial charge >= 0.3 is 5.76 Å². The largest absolute Gasteiger partial charge is 0.439 e. The first-order chi connectivity index (χ1) is 9.10. The molecule has 0 saturated carbocycles. The lowest BCUT2D eigenvalue weighted by Crippen LogP contribution is -2.12. The van der Waals surface area contributed by atoms with Crippen LogP contribution in [-0.2, 0) is 4.79 Å². The van der Waals surface area contributed by atoms with Gasteiger partial charge in [-0.1, -0.05) is 11.2 Å². The number of hydrogen-bond acceptors (Lipinski definition) is 4. The van der Waals surface area contributed by atoms with Crippen LogP contribution in [0.2, 0.25) is 0 Å². The number of nitrogens with one attached hydrogen (secondary N) is 2. The van der Waals surface area contributed by atoms with Gasteiger partial charge in [0.2, 0.25) is 0 Å². The van der Waals surface area contributed by atoms with Crippen molar-refractivity contribution in [1.82, 2.24) is 10.1 Å². The highest BCUT2D eigenvalue weighted by Gasteiger charge is 2.06. The van der Waals surface area contributed by atoms with Crippen LogP contribution >= 0.6 is 0 Å². The van der Waals surface area contributed by atoms with Gasteiger partial charge in [0, 0.05) is 16.8 Å². The van der Waals surface area contributed by atoms with E-state index in [1.807, 2.05) is 0 Å². The molecule has 0 aliphatic heterocycles. The highest BCUT2D eigenvalue weighted by molar-refractivity contribution is 6.03. The molecule has 0 unspecified atom stereocenters. The van der Waals surface area contributed by atoms with E-state index in [1.165, 1.54) is 0 Å². The molecule has 1 amide bonds. The molecule has 2 rings (SSSR count). The van der Waals surface area contributed by atoms with E-state index in [1.54, 1.807) is 44.2 Å². The van der Waals surface area contributed by atoms with Crippen LogP contribution in [-0.4, -0.2) is 16.0 Å². The van der Waals surface area contributed by atoms with Crippen LogP contribution in [0.5, 0.6) is 0 Å². The third-order valence-corrected chi connectivity index (χ3v) is 2.65. The van der Waals surface area contributed by atoms with Crippen LogP contribution in [0.4, 0.5) is 5.69 Å². The maximum absolute atomic E-state index is 11.6. The van der Waals surface area contributed by atoms with Crippen LogP contribution in [0.15, 0.2) is 45.2 Å². The summed E-state index contributed by atoms with van der Waals surface area (Å²) in [5.41, 5.74) is 2.01. The average Bonchev–Trinajstić information content (AvgIpc) is 2.85. The second-order valence-corrected chi connectivity index (χ2v) is 3.95. The molecule has 6 heteroatoms. The number of amides is 1. The quantitative estimate of drug-likeness (QED) is 0.824. The van der Waals surface area contributed by atoms with E-state index >= 15 is 0 Å². The van der Waals surface area contributed by atoms with Crippen LogP contribution in [0.1, 0.15) is 13.8 Å². The molecule has 19 heavy (non-hydrogen) atoms. The van der Waals surface area contributed by atoms with Crippen molar-refractivity contribution in [3.05, 3.63) is 46.5 Å². The first-order valence-corrected chi connectivity index (χ1v) is 5.71. The standard InChI is InChI=1S/C13H13N3O3/c1-3-8(2)12(17)14-10-6-4-9(5-7-10)11-15-13(18)19-16-11/h3-7H,1-2H3,(H,14,17)(H,15,16,18)/b8-3+. The van der Waals surface area contributed by atoms with Gasteiger partial charge in [-0.3, -0.25) is 14.3 Å². The van der Waals surface area contributed by atoms with E-state index in [0.717, 1.165) is 0 Å². The second kappa shape index (κ2) is 5.34. The summed E-state index contributed by atoms with van der Waals surface area (Å²) in [5.74, 6) is -0.395. The van der Waals surface area contributed by atoms with Gasteiger partial charge in [0.25, 0.3) is 5.91 Å². The Kier molecular flexibility index (Phi) is 3.61. The van der Waals surface area contributed by atoms with E-state index in [0.29, 0.717) is 22.6 Å². The monoisotopic (exact) mass is 259 g/mol. The smallest absolute Gasteiger partial charge is 0.322 e. The van der Waals surface area contributed by atoms with Gasteiger partial charge in [-0.2, -0.15) is 0 Å². The Balaban J connectivity index is 2.15. The first-order valence-electron chi connectivity index (χ1n) is 5.71. The molecule has 0 radical (unpaired) electrons. The summed E-state index contributed by atoms with van der Waals surface area (Å²) >= 11 is 0. The normalized spacial score (nSPS) is 11.4. The van der Waals surface area contributed by atoms with Crippen molar-refractivity contribution >= 4 is 11.6 Å². The number of carbonyl (C=O) groups is 1. The minimum atomic E-state index is -0.601. The molecule has 1 heterocycles. The molecule has 0 aliphatic carbocycles. The molecule has 98 valence electrons. The van der Waals surface area contributed by atoms with Crippen LogP contribution in [0.3, 0.4) is 0 Å². The number of anilines is 1. The third-order valence-electron chi connectivity index (χ3n) is 2.65. The van der Waals surface area contributed by atoms with Gasteiger partial charge in [-0.25, -0.2) is 4.79 Å². The number of aromatic amines is 1. The minimum Gasteiger partial charge on any atom is -0.322 e. The molecule has 0 fully saturated rings. The summed E-state index contributed by atoms with van der Waals surface area (Å²) in [6, 6.07) is 6.91. The summed E-state index contributed by atoms with van der Waals surface area (Å²) in [6.45, 7) is 3.54. The number of carbonyl (C=O) groups excluding carboxylic acids is 1. The first kappa shape index (κ1) is 12.8. The lowest BCUT2D eigenvalue weighted by Gasteiger charge is -2.05. The molecule has 1 aromatic carbocycles. The van der Waals surface area contributed by atoms with E-state index < -0.39 is 5.76 Å². The van der Waals surface area contributed by atoms with Crippen molar-refractivity contribution in [2.75, 3.05) is 5.32 Å². The molecule has 0 spiro atoms. The van der Waals surface area contributed by atoms with Crippen molar-refractivity contribution in [2.45, 2.75) is 13.8 Å². The molecule has 2 N–H and O–H groups in total. The van der Waals surface area contributed by atoms with Crippen LogP contribution in [0.25, 0.3) is 11.4 Å². The van der Waals surface area contributed by atoms with E-state index in [-0.39, 0.29) is 5.91 Å². The lowest BCUT2D eigenvalue weighted by molar-refractivity contribution is -0.112. The van der Waals surface area contributed by atoms with Crippen molar-refractivity contribution in [1.29, 1.82) is 0 Å². The number of benzene rings is 1. The molecule has 0 aliphatic rings. The molecule has 0 atom stereocenters. The van der Waals surface area contributed by atoms with Crippen LogP contribution < -0.4 is 11.1 Å². The fourth-order valence-electron chi connectivity index (χ4n) is 1.43. The van der Waals surface area contributed by atoms with Crippen molar-refractivity contribution in [2.24, 2.45) is 0 Å². The summed E-state index contributed by atoms with van der Waals surface area (Å²) < 4.78 is 4.42. The molecule has 0 saturated heterocycles. The Morgan fingerprint density at radius 3 is 2.58 bits per heavy atom. The molecular weight excluding hydrogens is 246 g/mol. The highest BCUT2D eigenvalue weighted by atomic mass is 16.5. The number of allylic oxidation sites excluding steroid dienone is 1. The zero-order valence-electron chi connectivity index (χ0n) is 10.6. The van der Waals surface area contributed by atoms with Crippen molar-refractivity contribution in [3.8, 4) is 11.4 Å². The lowest BCUT2D eigenvalue weighted by atomic mass is 10.2. The molecule has 2 aromatic rings. The van der Waals surface area contributed by atoms with E-state index in [9.17, 15) is 9.59 Å². The topological polar surface area (TPSA) is 88.0 Å². The van der Waals surface area contributed by atoms with Crippen molar-refractivity contribution < 1.29 is 9.32 Å². The van der Waals surface area contributed by atoms with Crippen LogP contribution in [0, 0.1) is 0 Å². The third kappa shape index (κ3) is 2.98. The van der Waals surface area contributed by atoms with Gasteiger partial charge in [-0.05, 0) is 38.1 Å². The number of H-pyrrole nitrogens is 1. The predicted molar refractivity (Wildman–Crippen MR) is 70.6 cm³/mol. The minimum absolute atomic E-state index is 0.148. The predicted octanol–water partition coefficient (Wildman–Crippen LogP) is 1.93. The summed E-state index contributed by atoms with van der Waals surface area (Å²) in [7, 11) is 0. The summed E-state index contributed by atoms with van der Waals surface area (Å²) in [4.78, 5) is 24.9. The summed E-state index contributed by atoms with van der Waals surface area (Å²) in [6.07, 6.45) is 1.74. The molecule has 1 aromatic heterocycles. The number of rotatable bonds is 3. The SMILES string of the molecule is C/C=C(\C)C(=O)Nc1ccc(-c2noc(=O)[nH]2)cc1. The molecule has 0 bridgehead atoms. The Bertz CT molecular complexity index is 665. The average molecular weight is 259 g/mol. The fraction of sp³-hybridized carbons (Fsp3) is 0.154.